The minimum absolute atomic E-state index is 0.763. The molecule has 0 bridgehead atoms. The van der Waals surface area contributed by atoms with Crippen LogP contribution < -0.4 is 5.32 Å². The number of piperidine rings is 1. The van der Waals surface area contributed by atoms with Crippen LogP contribution >= 0.6 is 0 Å². The van der Waals surface area contributed by atoms with Crippen molar-refractivity contribution in [3.05, 3.63) is 12.4 Å². The molecule has 0 saturated carbocycles. The lowest BCUT2D eigenvalue weighted by Gasteiger charge is -2.21. The van der Waals surface area contributed by atoms with E-state index in [1.807, 2.05) is 0 Å². The average Bonchev–Trinajstić information content (AvgIpc) is 2.59. The van der Waals surface area contributed by atoms with Gasteiger partial charge in [0.05, 0.1) is 18.9 Å². The van der Waals surface area contributed by atoms with Crippen molar-refractivity contribution < 1.29 is 0 Å². The fraction of sp³-hybridized carbons (Fsp3) is 0.750. The first kappa shape index (κ1) is 7.73. The molecule has 66 valence electrons. The molecule has 0 amide bonds. The Kier molecular flexibility index (Phi) is 2.36. The maximum Gasteiger partial charge on any atom is 0.0693 e. The first-order chi connectivity index (χ1) is 5.95. The van der Waals surface area contributed by atoms with Gasteiger partial charge in [-0.05, 0) is 31.8 Å². The van der Waals surface area contributed by atoms with Crippen molar-refractivity contribution in [2.24, 2.45) is 5.92 Å². The highest BCUT2D eigenvalue weighted by atomic mass is 15.5. The predicted molar refractivity (Wildman–Crippen MR) is 45.6 cm³/mol. The second-order valence-electron chi connectivity index (χ2n) is 3.28. The monoisotopic (exact) mass is 166 g/mol. The van der Waals surface area contributed by atoms with Crippen LogP contribution in [-0.4, -0.2) is 28.1 Å². The molecule has 1 aliphatic heterocycles. The highest BCUT2D eigenvalue weighted by Gasteiger charge is 2.13. The van der Waals surface area contributed by atoms with Gasteiger partial charge in [0.15, 0.2) is 0 Å². The Morgan fingerprint density at radius 3 is 2.58 bits per heavy atom. The number of rotatable bonds is 2. The summed E-state index contributed by atoms with van der Waals surface area (Å²) < 4.78 is 0. The van der Waals surface area contributed by atoms with Crippen molar-refractivity contribution in [1.29, 1.82) is 0 Å². The van der Waals surface area contributed by atoms with E-state index in [1.54, 1.807) is 17.2 Å². The molecule has 4 heteroatoms. The molecule has 1 N–H and O–H groups in total. The van der Waals surface area contributed by atoms with Gasteiger partial charge in [-0.3, -0.25) is 0 Å². The van der Waals surface area contributed by atoms with Gasteiger partial charge >= 0.3 is 0 Å². The van der Waals surface area contributed by atoms with Crippen molar-refractivity contribution in [1.82, 2.24) is 20.3 Å². The van der Waals surface area contributed by atoms with Crippen molar-refractivity contribution in [3.8, 4) is 0 Å². The SMILES string of the molecule is c1cnn(CC2CCNCC2)n1. The summed E-state index contributed by atoms with van der Waals surface area (Å²) in [6.07, 6.45) is 5.98. The van der Waals surface area contributed by atoms with E-state index in [9.17, 15) is 0 Å². The van der Waals surface area contributed by atoms with E-state index in [1.165, 1.54) is 12.8 Å². The van der Waals surface area contributed by atoms with Crippen LogP contribution in [0.4, 0.5) is 0 Å². The third kappa shape index (κ3) is 1.82. The van der Waals surface area contributed by atoms with Crippen LogP contribution in [0.3, 0.4) is 0 Å². The Morgan fingerprint density at radius 2 is 1.92 bits per heavy atom. The van der Waals surface area contributed by atoms with E-state index in [-0.39, 0.29) is 0 Å². The minimum Gasteiger partial charge on any atom is -0.317 e. The van der Waals surface area contributed by atoms with Gasteiger partial charge in [-0.1, -0.05) is 0 Å². The molecule has 0 aromatic carbocycles. The summed E-state index contributed by atoms with van der Waals surface area (Å²) in [6, 6.07) is 0. The molecule has 12 heavy (non-hydrogen) atoms. The number of hydrogen-bond donors (Lipinski definition) is 1. The lowest BCUT2D eigenvalue weighted by atomic mass is 9.99. The summed E-state index contributed by atoms with van der Waals surface area (Å²) in [4.78, 5) is 1.79. The van der Waals surface area contributed by atoms with Gasteiger partial charge in [-0.2, -0.15) is 15.0 Å². The molecule has 1 saturated heterocycles. The third-order valence-electron chi connectivity index (χ3n) is 2.35. The molecule has 4 nitrogen and oxygen atoms in total. The van der Waals surface area contributed by atoms with Crippen molar-refractivity contribution >= 4 is 0 Å². The Labute approximate surface area is 72.0 Å². The Hall–Kier alpha value is -0.900. The van der Waals surface area contributed by atoms with Crippen LogP contribution in [0, 0.1) is 5.92 Å². The zero-order chi connectivity index (χ0) is 8.23. The topological polar surface area (TPSA) is 42.7 Å². The van der Waals surface area contributed by atoms with E-state index >= 15 is 0 Å². The minimum atomic E-state index is 0.763. The van der Waals surface area contributed by atoms with E-state index in [0.717, 1.165) is 25.6 Å². The Balaban J connectivity index is 1.86. The first-order valence-corrected chi connectivity index (χ1v) is 4.50. The van der Waals surface area contributed by atoms with E-state index in [4.69, 9.17) is 0 Å². The van der Waals surface area contributed by atoms with Crippen LogP contribution in [0.1, 0.15) is 12.8 Å². The van der Waals surface area contributed by atoms with Gasteiger partial charge in [-0.15, -0.1) is 0 Å². The second kappa shape index (κ2) is 3.67. The van der Waals surface area contributed by atoms with Gasteiger partial charge < -0.3 is 5.32 Å². The fourth-order valence-corrected chi connectivity index (χ4v) is 1.63. The molecule has 1 aliphatic rings. The number of nitrogens with one attached hydrogen (secondary N) is 1. The third-order valence-corrected chi connectivity index (χ3v) is 2.35. The summed E-state index contributed by atoms with van der Waals surface area (Å²) in [6.45, 7) is 3.27. The molecule has 0 unspecified atom stereocenters. The summed E-state index contributed by atoms with van der Waals surface area (Å²) in [5, 5.41) is 11.5. The maximum absolute atomic E-state index is 4.10. The zero-order valence-corrected chi connectivity index (χ0v) is 7.11. The standard InChI is InChI=1S/C8H14N4/c1-3-9-4-2-8(1)7-12-10-5-6-11-12/h5-6,8-9H,1-4,7H2. The molecule has 1 aromatic rings. The normalized spacial score (nSPS) is 19.7. The lowest BCUT2D eigenvalue weighted by Crippen LogP contribution is -2.30. The van der Waals surface area contributed by atoms with Crippen LogP contribution in [-0.2, 0) is 6.54 Å². The van der Waals surface area contributed by atoms with Gasteiger partial charge in [0, 0.05) is 0 Å². The van der Waals surface area contributed by atoms with E-state index in [0.29, 0.717) is 0 Å². The van der Waals surface area contributed by atoms with Crippen molar-refractivity contribution in [3.63, 3.8) is 0 Å². The second-order valence-corrected chi connectivity index (χ2v) is 3.28. The zero-order valence-electron chi connectivity index (χ0n) is 7.11. The average molecular weight is 166 g/mol. The summed E-state index contributed by atoms with van der Waals surface area (Å²) in [5.41, 5.74) is 0. The van der Waals surface area contributed by atoms with Crippen LogP contribution in [0.5, 0.6) is 0 Å². The molecule has 1 fully saturated rings. The molecule has 0 radical (unpaired) electrons. The highest BCUT2D eigenvalue weighted by Crippen LogP contribution is 2.12. The molecule has 0 atom stereocenters. The summed E-state index contributed by atoms with van der Waals surface area (Å²) in [5.74, 6) is 0.763. The van der Waals surface area contributed by atoms with Crippen LogP contribution in [0.25, 0.3) is 0 Å². The van der Waals surface area contributed by atoms with Crippen LogP contribution in [0.15, 0.2) is 12.4 Å². The molecular formula is C8H14N4. The molecule has 2 rings (SSSR count). The van der Waals surface area contributed by atoms with Crippen molar-refractivity contribution in [2.45, 2.75) is 19.4 Å². The molecule has 0 aliphatic carbocycles. The number of aromatic nitrogens is 3. The number of nitrogens with zero attached hydrogens (tertiary/aromatic N) is 3. The Morgan fingerprint density at radius 1 is 1.25 bits per heavy atom. The van der Waals surface area contributed by atoms with Gasteiger partial charge in [0.2, 0.25) is 0 Å². The van der Waals surface area contributed by atoms with Gasteiger partial charge in [-0.25, -0.2) is 0 Å². The quantitative estimate of drug-likeness (QED) is 0.686. The Bertz CT molecular complexity index is 213. The summed E-state index contributed by atoms with van der Waals surface area (Å²) in [7, 11) is 0. The van der Waals surface area contributed by atoms with E-state index in [2.05, 4.69) is 15.5 Å². The number of hydrogen-bond acceptors (Lipinski definition) is 3. The first-order valence-electron chi connectivity index (χ1n) is 4.50. The molecule has 2 heterocycles. The maximum atomic E-state index is 4.10. The molecule has 0 spiro atoms. The van der Waals surface area contributed by atoms with E-state index < -0.39 is 0 Å². The molecular weight excluding hydrogens is 152 g/mol. The smallest absolute Gasteiger partial charge is 0.0693 e. The van der Waals surface area contributed by atoms with Crippen molar-refractivity contribution in [2.75, 3.05) is 13.1 Å². The highest BCUT2D eigenvalue weighted by molar-refractivity contribution is 4.69. The van der Waals surface area contributed by atoms with Gasteiger partial charge in [0.25, 0.3) is 0 Å². The predicted octanol–water partition coefficient (Wildman–Crippen LogP) is 0.278. The molecule has 1 aromatic heterocycles. The van der Waals surface area contributed by atoms with Gasteiger partial charge in [0.1, 0.15) is 0 Å². The largest absolute Gasteiger partial charge is 0.317 e. The lowest BCUT2D eigenvalue weighted by molar-refractivity contribution is 0.305. The van der Waals surface area contributed by atoms with Crippen LogP contribution in [0.2, 0.25) is 0 Å². The fourth-order valence-electron chi connectivity index (χ4n) is 1.63. The summed E-state index contributed by atoms with van der Waals surface area (Å²) >= 11 is 0.